The van der Waals surface area contributed by atoms with E-state index in [9.17, 15) is 9.90 Å². The zero-order chi connectivity index (χ0) is 19.1. The van der Waals surface area contributed by atoms with Gasteiger partial charge in [-0.2, -0.15) is 0 Å². The molecule has 2 saturated heterocycles. The SMILES string of the molecule is CC1OC(c2ccncc2N)CC2N(C(=O)OC(C)(C)C)CCCC12O. The highest BCUT2D eigenvalue weighted by Crippen LogP contribution is 2.45. The Morgan fingerprint density at radius 3 is 2.88 bits per heavy atom. The number of likely N-dealkylation sites (tertiary alicyclic amines) is 1. The quantitative estimate of drug-likeness (QED) is 0.796. The molecular formula is C19H29N3O4. The Bertz CT molecular complexity index is 675. The molecule has 0 saturated carbocycles. The minimum atomic E-state index is -1.09. The fraction of sp³-hybridized carbons (Fsp3) is 0.684. The second kappa shape index (κ2) is 6.70. The summed E-state index contributed by atoms with van der Waals surface area (Å²) in [6.45, 7) is 7.94. The third-order valence-corrected chi connectivity index (χ3v) is 5.30. The summed E-state index contributed by atoms with van der Waals surface area (Å²) in [4.78, 5) is 18.4. The Morgan fingerprint density at radius 2 is 2.23 bits per heavy atom. The van der Waals surface area contributed by atoms with Gasteiger partial charge in [0.25, 0.3) is 0 Å². The van der Waals surface area contributed by atoms with Crippen molar-refractivity contribution in [3.8, 4) is 0 Å². The van der Waals surface area contributed by atoms with Crippen molar-refractivity contribution < 1.29 is 19.4 Å². The van der Waals surface area contributed by atoms with E-state index in [0.29, 0.717) is 31.5 Å². The van der Waals surface area contributed by atoms with Crippen LogP contribution in [0.15, 0.2) is 18.5 Å². The number of amides is 1. The van der Waals surface area contributed by atoms with Gasteiger partial charge in [-0.1, -0.05) is 0 Å². The van der Waals surface area contributed by atoms with Gasteiger partial charge in [0.2, 0.25) is 0 Å². The largest absolute Gasteiger partial charge is 0.444 e. The van der Waals surface area contributed by atoms with Crippen LogP contribution in [-0.2, 0) is 9.47 Å². The summed E-state index contributed by atoms with van der Waals surface area (Å²) in [6, 6.07) is 1.45. The summed E-state index contributed by atoms with van der Waals surface area (Å²) in [7, 11) is 0. The first-order chi connectivity index (χ1) is 12.1. The maximum absolute atomic E-state index is 12.7. The van der Waals surface area contributed by atoms with Gasteiger partial charge in [-0.3, -0.25) is 4.98 Å². The predicted octanol–water partition coefficient (Wildman–Crippen LogP) is 2.64. The van der Waals surface area contributed by atoms with Crippen LogP contribution in [0.4, 0.5) is 10.5 Å². The minimum Gasteiger partial charge on any atom is -0.444 e. The topological polar surface area (TPSA) is 97.9 Å². The van der Waals surface area contributed by atoms with Crippen LogP contribution in [0.1, 0.15) is 58.6 Å². The van der Waals surface area contributed by atoms with E-state index in [4.69, 9.17) is 15.2 Å². The second-order valence-corrected chi connectivity index (χ2v) is 8.29. The first kappa shape index (κ1) is 18.9. The number of nitrogens with zero attached hydrogens (tertiary/aromatic N) is 2. The molecule has 2 aliphatic rings. The highest BCUT2D eigenvalue weighted by Gasteiger charge is 2.54. The number of aliphatic hydroxyl groups is 1. The lowest BCUT2D eigenvalue weighted by Crippen LogP contribution is -2.66. The molecule has 4 atom stereocenters. The molecule has 0 aromatic carbocycles. The van der Waals surface area contributed by atoms with Crippen LogP contribution < -0.4 is 5.73 Å². The summed E-state index contributed by atoms with van der Waals surface area (Å²) in [5.74, 6) is 0. The molecule has 1 amide bonds. The highest BCUT2D eigenvalue weighted by atomic mass is 16.6. The van der Waals surface area contributed by atoms with E-state index in [1.807, 2.05) is 33.8 Å². The predicted molar refractivity (Wildman–Crippen MR) is 97.5 cm³/mol. The smallest absolute Gasteiger partial charge is 0.410 e. The van der Waals surface area contributed by atoms with Crippen LogP contribution in [0, 0.1) is 0 Å². The Hall–Kier alpha value is -1.86. The Balaban J connectivity index is 1.89. The molecule has 26 heavy (non-hydrogen) atoms. The third kappa shape index (κ3) is 3.50. The number of piperidine rings is 1. The minimum absolute atomic E-state index is 0.304. The molecule has 0 spiro atoms. The van der Waals surface area contributed by atoms with E-state index in [2.05, 4.69) is 4.98 Å². The molecule has 0 radical (unpaired) electrons. The first-order valence-electron chi connectivity index (χ1n) is 9.18. The van der Waals surface area contributed by atoms with Crippen molar-refractivity contribution in [3.63, 3.8) is 0 Å². The molecular weight excluding hydrogens is 334 g/mol. The van der Waals surface area contributed by atoms with Gasteiger partial charge in [-0.15, -0.1) is 0 Å². The summed E-state index contributed by atoms with van der Waals surface area (Å²) in [5, 5.41) is 11.3. The van der Waals surface area contributed by atoms with Crippen molar-refractivity contribution in [2.24, 2.45) is 0 Å². The number of carbonyl (C=O) groups excluding carboxylic acids is 1. The summed E-state index contributed by atoms with van der Waals surface area (Å²) in [5.41, 5.74) is 5.78. The molecule has 1 aromatic heterocycles. The molecule has 7 nitrogen and oxygen atoms in total. The standard InChI is InChI=1S/C19H29N3O4/c1-12-19(24)7-5-9-22(17(23)26-18(2,3)4)16(19)10-15(25-12)13-6-8-21-11-14(13)20/h6,8,11-12,15-16,24H,5,7,9-10,20H2,1-4H3. The van der Waals surface area contributed by atoms with E-state index >= 15 is 0 Å². The number of nitrogens with two attached hydrogens (primary N) is 1. The average molecular weight is 363 g/mol. The van der Waals surface area contributed by atoms with Crippen LogP contribution in [0.5, 0.6) is 0 Å². The molecule has 4 unspecified atom stereocenters. The fourth-order valence-electron chi connectivity index (χ4n) is 4.00. The van der Waals surface area contributed by atoms with E-state index in [1.54, 1.807) is 17.3 Å². The molecule has 2 fully saturated rings. The maximum Gasteiger partial charge on any atom is 0.410 e. The Labute approximate surface area is 154 Å². The summed E-state index contributed by atoms with van der Waals surface area (Å²) in [6.07, 6.45) is 3.91. The molecule has 7 heteroatoms. The molecule has 1 aromatic rings. The van der Waals surface area contributed by atoms with Crippen LogP contribution in [0.3, 0.4) is 0 Å². The molecule has 3 N–H and O–H groups in total. The summed E-state index contributed by atoms with van der Waals surface area (Å²) < 4.78 is 11.7. The van der Waals surface area contributed by atoms with Crippen LogP contribution in [0.2, 0.25) is 0 Å². The van der Waals surface area contributed by atoms with Crippen molar-refractivity contribution >= 4 is 11.8 Å². The van der Waals surface area contributed by atoms with Gasteiger partial charge in [-0.05, 0) is 46.6 Å². The van der Waals surface area contributed by atoms with Gasteiger partial charge < -0.3 is 25.2 Å². The number of nitrogen functional groups attached to an aromatic ring is 1. The number of ether oxygens (including phenoxy) is 2. The third-order valence-electron chi connectivity index (χ3n) is 5.30. The molecule has 144 valence electrons. The van der Waals surface area contributed by atoms with Crippen molar-refractivity contribution in [2.75, 3.05) is 12.3 Å². The van der Waals surface area contributed by atoms with Crippen molar-refractivity contribution in [3.05, 3.63) is 24.0 Å². The van der Waals surface area contributed by atoms with Crippen molar-refractivity contribution in [1.29, 1.82) is 0 Å². The monoisotopic (exact) mass is 363 g/mol. The van der Waals surface area contributed by atoms with Crippen molar-refractivity contribution in [2.45, 2.75) is 76.4 Å². The lowest BCUT2D eigenvalue weighted by Gasteiger charge is -2.54. The zero-order valence-electron chi connectivity index (χ0n) is 15.9. The number of fused-ring (bicyclic) bond motifs is 1. The zero-order valence-corrected chi connectivity index (χ0v) is 15.9. The molecule has 3 heterocycles. The normalized spacial score (nSPS) is 32.0. The van der Waals surface area contributed by atoms with E-state index in [0.717, 1.165) is 5.56 Å². The lowest BCUT2D eigenvalue weighted by molar-refractivity contribution is -0.218. The number of carbonyl (C=O) groups is 1. The number of aromatic nitrogens is 1. The average Bonchev–Trinajstić information content (AvgIpc) is 2.54. The maximum atomic E-state index is 12.7. The highest BCUT2D eigenvalue weighted by molar-refractivity contribution is 5.69. The number of rotatable bonds is 1. The number of hydrogen-bond acceptors (Lipinski definition) is 6. The summed E-state index contributed by atoms with van der Waals surface area (Å²) >= 11 is 0. The van der Waals surface area contributed by atoms with Gasteiger partial charge in [-0.25, -0.2) is 4.79 Å². The number of pyridine rings is 1. The van der Waals surface area contributed by atoms with Gasteiger partial charge >= 0.3 is 6.09 Å². The lowest BCUT2D eigenvalue weighted by atomic mass is 9.75. The number of hydrogen-bond donors (Lipinski definition) is 2. The first-order valence-corrected chi connectivity index (χ1v) is 9.18. The van der Waals surface area contributed by atoms with Gasteiger partial charge in [0.1, 0.15) is 11.2 Å². The van der Waals surface area contributed by atoms with Crippen LogP contribution in [0.25, 0.3) is 0 Å². The van der Waals surface area contributed by atoms with E-state index in [-0.39, 0.29) is 12.1 Å². The van der Waals surface area contributed by atoms with Crippen LogP contribution >= 0.6 is 0 Å². The number of anilines is 1. The Morgan fingerprint density at radius 1 is 1.50 bits per heavy atom. The van der Waals surface area contributed by atoms with Gasteiger partial charge in [0.15, 0.2) is 0 Å². The van der Waals surface area contributed by atoms with E-state index < -0.39 is 23.4 Å². The van der Waals surface area contributed by atoms with Crippen molar-refractivity contribution in [1.82, 2.24) is 9.88 Å². The molecule has 0 aliphatic carbocycles. The second-order valence-electron chi connectivity index (χ2n) is 8.29. The van der Waals surface area contributed by atoms with Gasteiger partial charge in [0.05, 0.1) is 30.1 Å². The Kier molecular flexibility index (Phi) is 4.88. The van der Waals surface area contributed by atoms with E-state index in [1.165, 1.54) is 0 Å². The molecule has 3 rings (SSSR count). The molecule has 2 aliphatic heterocycles. The molecule has 0 bridgehead atoms. The van der Waals surface area contributed by atoms with Crippen LogP contribution in [-0.4, -0.2) is 51.0 Å². The van der Waals surface area contributed by atoms with Gasteiger partial charge in [0, 0.05) is 24.7 Å². The fourth-order valence-corrected chi connectivity index (χ4v) is 4.00.